The van der Waals surface area contributed by atoms with E-state index in [9.17, 15) is 4.79 Å². The molecule has 1 amide bonds. The van der Waals surface area contributed by atoms with Crippen LogP contribution in [0, 0.1) is 0 Å². The summed E-state index contributed by atoms with van der Waals surface area (Å²) in [6, 6.07) is 5.86. The number of aromatic nitrogens is 3. The Hall–Kier alpha value is -2.93. The van der Waals surface area contributed by atoms with Crippen molar-refractivity contribution in [2.45, 2.75) is 18.8 Å². The van der Waals surface area contributed by atoms with Gasteiger partial charge in [-0.1, -0.05) is 6.07 Å². The molecule has 0 unspecified atom stereocenters. The highest BCUT2D eigenvalue weighted by molar-refractivity contribution is 5.95. The average molecular weight is 364 g/mol. The summed E-state index contributed by atoms with van der Waals surface area (Å²) < 4.78 is 2.03. The number of anilines is 1. The summed E-state index contributed by atoms with van der Waals surface area (Å²) in [5, 5.41) is 3.35. The second-order valence-electron chi connectivity index (χ2n) is 7.28. The van der Waals surface area contributed by atoms with Crippen LogP contribution in [0.2, 0.25) is 0 Å². The van der Waals surface area contributed by atoms with Crippen LogP contribution in [0.4, 0.5) is 5.82 Å². The van der Waals surface area contributed by atoms with Gasteiger partial charge in [-0.25, -0.2) is 9.97 Å². The predicted octanol–water partition coefficient (Wildman–Crippen LogP) is 2.35. The van der Waals surface area contributed by atoms with Gasteiger partial charge in [0.05, 0.1) is 11.9 Å². The van der Waals surface area contributed by atoms with E-state index in [1.54, 1.807) is 6.20 Å². The molecule has 0 saturated heterocycles. The molecule has 1 aliphatic carbocycles. The number of hydrogen-bond donors (Lipinski definition) is 2. The zero-order valence-electron chi connectivity index (χ0n) is 15.6. The third-order valence-electron chi connectivity index (χ3n) is 4.91. The first kappa shape index (κ1) is 17.5. The predicted molar refractivity (Wildman–Crippen MR) is 106 cm³/mol. The van der Waals surface area contributed by atoms with Gasteiger partial charge >= 0.3 is 0 Å². The van der Waals surface area contributed by atoms with E-state index in [0.29, 0.717) is 11.5 Å². The summed E-state index contributed by atoms with van der Waals surface area (Å²) in [5.41, 5.74) is 10.0. The van der Waals surface area contributed by atoms with Crippen molar-refractivity contribution >= 4 is 17.4 Å². The van der Waals surface area contributed by atoms with E-state index in [0.717, 1.165) is 54.2 Å². The fraction of sp³-hybridized carbons (Fsp3) is 0.350. The lowest BCUT2D eigenvalue weighted by Crippen LogP contribution is -2.21. The van der Waals surface area contributed by atoms with Crippen LogP contribution in [0.15, 0.2) is 36.8 Å². The quantitative estimate of drug-likeness (QED) is 0.672. The molecule has 4 rings (SSSR count). The number of fused-ring (bicyclic) bond motifs is 1. The number of carbonyl (C=O) groups is 1. The number of likely N-dealkylation sites (N-methyl/N-ethyl adjacent to an activating group) is 1. The van der Waals surface area contributed by atoms with Gasteiger partial charge in [0.25, 0.3) is 0 Å². The number of primary amides is 1. The molecule has 2 heterocycles. The van der Waals surface area contributed by atoms with Gasteiger partial charge in [-0.05, 0) is 50.6 Å². The number of carbonyl (C=O) groups excluding carboxylic acids is 1. The highest BCUT2D eigenvalue weighted by Crippen LogP contribution is 2.43. The van der Waals surface area contributed by atoms with Crippen molar-refractivity contribution in [3.63, 3.8) is 0 Å². The molecule has 1 saturated carbocycles. The van der Waals surface area contributed by atoms with Gasteiger partial charge in [0.1, 0.15) is 0 Å². The van der Waals surface area contributed by atoms with Crippen molar-refractivity contribution in [2.75, 3.05) is 32.5 Å². The van der Waals surface area contributed by atoms with Crippen LogP contribution < -0.4 is 11.1 Å². The second-order valence-corrected chi connectivity index (χ2v) is 7.28. The summed E-state index contributed by atoms with van der Waals surface area (Å²) in [7, 11) is 4.08. The summed E-state index contributed by atoms with van der Waals surface area (Å²) in [4.78, 5) is 22.9. The second kappa shape index (κ2) is 7.00. The first-order valence-electron chi connectivity index (χ1n) is 9.19. The fourth-order valence-corrected chi connectivity index (χ4v) is 3.33. The first-order valence-corrected chi connectivity index (χ1v) is 9.19. The maximum atomic E-state index is 11.7. The maximum Gasteiger partial charge on any atom is 0.248 e. The normalized spacial score (nSPS) is 14.0. The Morgan fingerprint density at radius 2 is 2.15 bits per heavy atom. The van der Waals surface area contributed by atoms with Crippen molar-refractivity contribution in [2.24, 2.45) is 5.73 Å². The molecule has 0 spiro atoms. The zero-order valence-corrected chi connectivity index (χ0v) is 15.6. The summed E-state index contributed by atoms with van der Waals surface area (Å²) in [5.74, 6) is 0.844. The lowest BCUT2D eigenvalue weighted by atomic mass is 9.98. The Labute approximate surface area is 158 Å². The van der Waals surface area contributed by atoms with Crippen LogP contribution in [0.5, 0.6) is 0 Å². The Kier molecular flexibility index (Phi) is 4.53. The molecule has 3 N–H and O–H groups in total. The molecule has 2 aromatic heterocycles. The minimum Gasteiger partial charge on any atom is -0.366 e. The standard InChI is InChI=1S/C20H24N6O/c1-25(2)9-7-22-19-20-24-12-17(26(20)10-8-23-19)14-5-6-15(18(21)27)16(11-14)13-3-4-13/h5-6,8,10-13H,3-4,7,9H2,1-2H3,(H2,21,27)(H,22,23). The number of rotatable bonds is 7. The molecule has 0 atom stereocenters. The monoisotopic (exact) mass is 364 g/mol. The summed E-state index contributed by atoms with van der Waals surface area (Å²) in [6.45, 7) is 1.70. The first-order chi connectivity index (χ1) is 13.0. The fourth-order valence-electron chi connectivity index (χ4n) is 3.33. The van der Waals surface area contributed by atoms with E-state index in [4.69, 9.17) is 5.73 Å². The molecule has 1 aromatic carbocycles. The Morgan fingerprint density at radius 3 is 2.85 bits per heavy atom. The number of hydrogen-bond acceptors (Lipinski definition) is 5. The number of nitrogens with two attached hydrogens (primary N) is 1. The molecule has 0 bridgehead atoms. The lowest BCUT2D eigenvalue weighted by molar-refractivity contribution is 0.0999. The van der Waals surface area contributed by atoms with Crippen molar-refractivity contribution in [1.29, 1.82) is 0 Å². The Bertz CT molecular complexity index is 989. The van der Waals surface area contributed by atoms with E-state index in [2.05, 4.69) is 26.3 Å². The molecule has 1 aliphatic rings. The third-order valence-corrected chi connectivity index (χ3v) is 4.91. The molecule has 7 nitrogen and oxygen atoms in total. The van der Waals surface area contributed by atoms with Gasteiger partial charge in [-0.15, -0.1) is 0 Å². The molecular weight excluding hydrogens is 340 g/mol. The minimum absolute atomic E-state index is 0.363. The van der Waals surface area contributed by atoms with Gasteiger partial charge in [0, 0.05) is 36.6 Å². The van der Waals surface area contributed by atoms with Crippen molar-refractivity contribution in [3.8, 4) is 11.3 Å². The average Bonchev–Trinajstić information content (AvgIpc) is 3.40. The van der Waals surface area contributed by atoms with Gasteiger partial charge < -0.3 is 16.0 Å². The van der Waals surface area contributed by atoms with Crippen LogP contribution >= 0.6 is 0 Å². The van der Waals surface area contributed by atoms with Gasteiger partial charge in [-0.2, -0.15) is 0 Å². The SMILES string of the molecule is CN(C)CCNc1nccn2c(-c3ccc(C(N)=O)c(C4CC4)c3)cnc12. The largest absolute Gasteiger partial charge is 0.366 e. The van der Waals surface area contributed by atoms with Gasteiger partial charge in [-0.3, -0.25) is 9.20 Å². The number of benzene rings is 1. The third kappa shape index (κ3) is 3.50. The molecule has 27 heavy (non-hydrogen) atoms. The number of imidazole rings is 1. The Balaban J connectivity index is 1.70. The highest BCUT2D eigenvalue weighted by Gasteiger charge is 2.28. The van der Waals surface area contributed by atoms with E-state index in [1.165, 1.54) is 0 Å². The number of nitrogens with one attached hydrogen (secondary N) is 1. The molecule has 0 radical (unpaired) electrons. The minimum atomic E-state index is -0.363. The van der Waals surface area contributed by atoms with E-state index >= 15 is 0 Å². The van der Waals surface area contributed by atoms with Gasteiger partial charge in [0.2, 0.25) is 5.91 Å². The highest BCUT2D eigenvalue weighted by atomic mass is 16.1. The van der Waals surface area contributed by atoms with E-state index in [-0.39, 0.29) is 5.91 Å². The summed E-state index contributed by atoms with van der Waals surface area (Å²) >= 11 is 0. The maximum absolute atomic E-state index is 11.7. The van der Waals surface area contributed by atoms with Crippen LogP contribution in [-0.4, -0.2) is 52.4 Å². The van der Waals surface area contributed by atoms with Crippen LogP contribution in [0.3, 0.4) is 0 Å². The Morgan fingerprint density at radius 1 is 1.33 bits per heavy atom. The van der Waals surface area contributed by atoms with Crippen molar-refractivity contribution in [3.05, 3.63) is 47.9 Å². The molecule has 1 fully saturated rings. The van der Waals surface area contributed by atoms with E-state index in [1.807, 2.05) is 43.0 Å². The van der Waals surface area contributed by atoms with Crippen LogP contribution in [-0.2, 0) is 0 Å². The lowest BCUT2D eigenvalue weighted by Gasteiger charge is -2.12. The molecule has 3 aromatic rings. The van der Waals surface area contributed by atoms with E-state index < -0.39 is 0 Å². The van der Waals surface area contributed by atoms with Crippen molar-refractivity contribution < 1.29 is 4.79 Å². The molecular formula is C20H24N6O. The summed E-state index contributed by atoms with van der Waals surface area (Å²) in [6.07, 6.45) is 7.76. The molecule has 0 aliphatic heterocycles. The van der Waals surface area contributed by atoms with Crippen LogP contribution in [0.25, 0.3) is 16.9 Å². The smallest absolute Gasteiger partial charge is 0.248 e. The number of amides is 1. The van der Waals surface area contributed by atoms with Gasteiger partial charge in [0.15, 0.2) is 11.5 Å². The van der Waals surface area contributed by atoms with Crippen molar-refractivity contribution in [1.82, 2.24) is 19.3 Å². The molecule has 7 heteroatoms. The number of nitrogens with zero attached hydrogens (tertiary/aromatic N) is 4. The molecule has 140 valence electrons. The topological polar surface area (TPSA) is 88.5 Å². The zero-order chi connectivity index (χ0) is 19.0. The van der Waals surface area contributed by atoms with Crippen LogP contribution in [0.1, 0.15) is 34.7 Å².